The third-order valence-corrected chi connectivity index (χ3v) is 10.7. The summed E-state index contributed by atoms with van der Waals surface area (Å²) < 4.78 is 0. The van der Waals surface area contributed by atoms with Gasteiger partial charge in [0.15, 0.2) is 0 Å². The van der Waals surface area contributed by atoms with Crippen LogP contribution >= 0.6 is 0 Å². The maximum absolute atomic E-state index is 4.93. The van der Waals surface area contributed by atoms with Crippen molar-refractivity contribution in [1.29, 1.82) is 0 Å². The van der Waals surface area contributed by atoms with Crippen LogP contribution in [0.2, 0.25) is 0 Å². The Labute approximate surface area is 348 Å². The molecule has 6 heteroatoms. The second kappa shape index (κ2) is 16.3. The molecule has 0 bridgehead atoms. The Hall–Kier alpha value is -8.22. The van der Waals surface area contributed by atoms with E-state index < -0.39 is 0 Å². The third-order valence-electron chi connectivity index (χ3n) is 10.7. The van der Waals surface area contributed by atoms with Gasteiger partial charge in [-0.15, -0.1) is 0 Å². The zero-order chi connectivity index (χ0) is 40.1. The van der Waals surface area contributed by atoms with Crippen LogP contribution in [0.25, 0.3) is 101 Å². The Morgan fingerprint density at radius 3 is 0.683 bits per heavy atom. The summed E-state index contributed by atoms with van der Waals surface area (Å²) in [4.78, 5) is 27.4. The van der Waals surface area contributed by atoms with E-state index in [9.17, 15) is 0 Å². The van der Waals surface area contributed by atoms with Crippen molar-refractivity contribution in [2.45, 2.75) is 0 Å². The van der Waals surface area contributed by atoms with Gasteiger partial charge in [-0.05, 0) is 176 Å². The molecule has 6 aromatic heterocycles. The van der Waals surface area contributed by atoms with Crippen molar-refractivity contribution in [1.82, 2.24) is 29.9 Å². The summed E-state index contributed by atoms with van der Waals surface area (Å²) >= 11 is 0. The lowest BCUT2D eigenvalue weighted by Gasteiger charge is -2.13. The van der Waals surface area contributed by atoms with E-state index >= 15 is 0 Å². The van der Waals surface area contributed by atoms with E-state index in [1.54, 1.807) is 0 Å². The van der Waals surface area contributed by atoms with Crippen LogP contribution in [0, 0.1) is 0 Å². The Morgan fingerprint density at radius 2 is 0.400 bits per heavy atom. The fourth-order valence-electron chi connectivity index (χ4n) is 7.64. The van der Waals surface area contributed by atoms with Crippen molar-refractivity contribution in [2.75, 3.05) is 0 Å². The number of hydrogen-bond donors (Lipinski definition) is 0. The quantitative estimate of drug-likeness (QED) is 0.145. The van der Waals surface area contributed by atoms with Crippen LogP contribution in [0.1, 0.15) is 0 Å². The van der Waals surface area contributed by atoms with Gasteiger partial charge in [-0.25, -0.2) is 0 Å². The van der Waals surface area contributed by atoms with Gasteiger partial charge in [0.25, 0.3) is 0 Å². The Kier molecular flexibility index (Phi) is 9.84. The molecule has 0 amide bonds. The van der Waals surface area contributed by atoms with Crippen molar-refractivity contribution in [3.63, 3.8) is 0 Å². The minimum atomic E-state index is 0.854. The maximum atomic E-state index is 4.93. The zero-order valence-corrected chi connectivity index (χ0v) is 32.5. The fraction of sp³-hybridized carbons (Fsp3) is 0. The van der Waals surface area contributed by atoms with E-state index in [0.29, 0.717) is 0 Å². The largest absolute Gasteiger partial charge is 0.265 e. The molecule has 0 aliphatic rings. The minimum absolute atomic E-state index is 0.854. The summed E-state index contributed by atoms with van der Waals surface area (Å²) in [5.74, 6) is 0. The summed E-state index contributed by atoms with van der Waals surface area (Å²) in [7, 11) is 0. The molecule has 0 unspecified atom stereocenters. The molecule has 0 saturated heterocycles. The number of nitrogens with zero attached hydrogens (tertiary/aromatic N) is 6. The first-order valence-corrected chi connectivity index (χ1v) is 19.8. The molecule has 60 heavy (non-hydrogen) atoms. The average Bonchev–Trinajstić information content (AvgIpc) is 3.35. The number of rotatable bonds is 9. The van der Waals surface area contributed by atoms with E-state index in [1.807, 2.05) is 92.2 Å². The molecule has 0 aliphatic heterocycles. The van der Waals surface area contributed by atoms with Gasteiger partial charge in [-0.2, -0.15) is 0 Å². The average molecular weight is 769 g/mol. The van der Waals surface area contributed by atoms with Crippen molar-refractivity contribution >= 4 is 0 Å². The molecule has 0 fully saturated rings. The van der Waals surface area contributed by atoms with Crippen molar-refractivity contribution in [3.05, 3.63) is 220 Å². The lowest BCUT2D eigenvalue weighted by atomic mass is 9.94. The van der Waals surface area contributed by atoms with Crippen molar-refractivity contribution in [2.24, 2.45) is 0 Å². The van der Waals surface area contributed by atoms with Crippen LogP contribution in [0.3, 0.4) is 0 Å². The molecule has 10 rings (SSSR count). The van der Waals surface area contributed by atoms with E-state index in [4.69, 9.17) is 15.0 Å². The SMILES string of the molecule is c1cc(-c2ccncc2)cc(-c2ccnc(-c3cc(-c4cc(-c5cccc(-c6ccncc6)c5)ccn4)cc(-c4cc(-c5cccc(-c6ccncc6)c5)ccn4)c3)c2)c1. The summed E-state index contributed by atoms with van der Waals surface area (Å²) in [6.45, 7) is 0. The molecule has 0 radical (unpaired) electrons. The van der Waals surface area contributed by atoms with Gasteiger partial charge in [-0.3, -0.25) is 29.9 Å². The maximum Gasteiger partial charge on any atom is 0.0708 e. The number of aromatic nitrogens is 6. The highest BCUT2D eigenvalue weighted by molar-refractivity contribution is 5.84. The third kappa shape index (κ3) is 7.73. The van der Waals surface area contributed by atoms with E-state index in [-0.39, 0.29) is 0 Å². The summed E-state index contributed by atoms with van der Waals surface area (Å²) in [5, 5.41) is 0. The highest BCUT2D eigenvalue weighted by Crippen LogP contribution is 2.36. The molecule has 6 nitrogen and oxygen atoms in total. The van der Waals surface area contributed by atoms with Gasteiger partial charge in [0, 0.05) is 72.5 Å². The van der Waals surface area contributed by atoms with Gasteiger partial charge < -0.3 is 0 Å². The highest BCUT2D eigenvalue weighted by atomic mass is 14.7. The molecule has 282 valence electrons. The second-order valence-electron chi connectivity index (χ2n) is 14.5. The topological polar surface area (TPSA) is 77.3 Å². The smallest absolute Gasteiger partial charge is 0.0708 e. The number of benzene rings is 4. The lowest BCUT2D eigenvalue weighted by Crippen LogP contribution is -1.93. The highest BCUT2D eigenvalue weighted by Gasteiger charge is 2.14. The first-order chi connectivity index (χ1) is 29.7. The molecular formula is C54H36N6. The summed E-state index contributed by atoms with van der Waals surface area (Å²) in [6.07, 6.45) is 16.6. The zero-order valence-electron chi connectivity index (χ0n) is 32.5. The monoisotopic (exact) mass is 768 g/mol. The Bertz CT molecular complexity index is 2750. The lowest BCUT2D eigenvalue weighted by molar-refractivity contribution is 1.30. The Morgan fingerprint density at radius 1 is 0.183 bits per heavy atom. The van der Waals surface area contributed by atoms with E-state index in [2.05, 4.69) is 142 Å². The number of pyridine rings is 6. The van der Waals surface area contributed by atoms with Crippen LogP contribution in [0.5, 0.6) is 0 Å². The van der Waals surface area contributed by atoms with Gasteiger partial charge in [0.2, 0.25) is 0 Å². The van der Waals surface area contributed by atoms with Gasteiger partial charge >= 0.3 is 0 Å². The minimum Gasteiger partial charge on any atom is -0.265 e. The van der Waals surface area contributed by atoms with E-state index in [0.717, 1.165) is 101 Å². The predicted octanol–water partition coefficient (Wildman–Crippen LogP) is 13.1. The molecular weight excluding hydrogens is 733 g/mol. The molecule has 0 aliphatic carbocycles. The normalized spacial score (nSPS) is 11.0. The van der Waals surface area contributed by atoms with Crippen molar-refractivity contribution < 1.29 is 0 Å². The molecule has 0 saturated carbocycles. The standard InChI is InChI=1S/C54H36N6/c1-4-40(37-10-19-55-20-11-37)28-43(7-1)46-16-25-58-52(34-46)49-31-50(53-35-47(17-26-59-53)44-8-2-5-41(29-44)38-12-21-56-22-13-38)33-51(32-49)54-36-48(18-27-60-54)45-9-3-6-42(30-45)39-14-23-57-24-15-39/h1-36H. The van der Waals surface area contributed by atoms with Crippen LogP contribution in [-0.2, 0) is 0 Å². The molecule has 6 heterocycles. The first kappa shape index (κ1) is 36.1. The summed E-state index contributed by atoms with van der Waals surface area (Å²) in [5.41, 5.74) is 18.8. The van der Waals surface area contributed by atoms with Crippen LogP contribution in [-0.4, -0.2) is 29.9 Å². The fourth-order valence-corrected chi connectivity index (χ4v) is 7.64. The van der Waals surface area contributed by atoms with Crippen molar-refractivity contribution in [3.8, 4) is 101 Å². The van der Waals surface area contributed by atoms with Gasteiger partial charge in [-0.1, -0.05) is 54.6 Å². The molecule has 4 aromatic carbocycles. The second-order valence-corrected chi connectivity index (χ2v) is 14.5. The molecule has 0 spiro atoms. The van der Waals surface area contributed by atoms with Crippen LogP contribution in [0.15, 0.2) is 220 Å². The molecule has 10 aromatic rings. The summed E-state index contributed by atoms with van der Waals surface area (Å²) in [6, 6.07) is 57.2. The first-order valence-electron chi connectivity index (χ1n) is 19.8. The van der Waals surface area contributed by atoms with E-state index in [1.165, 1.54) is 0 Å². The number of hydrogen-bond acceptors (Lipinski definition) is 6. The molecule has 0 N–H and O–H groups in total. The van der Waals surface area contributed by atoms with Gasteiger partial charge in [0.1, 0.15) is 0 Å². The molecule has 0 atom stereocenters. The van der Waals surface area contributed by atoms with Gasteiger partial charge in [0.05, 0.1) is 17.1 Å². The van der Waals surface area contributed by atoms with Crippen LogP contribution in [0.4, 0.5) is 0 Å². The Balaban J connectivity index is 1.07. The van der Waals surface area contributed by atoms with Crippen LogP contribution < -0.4 is 0 Å². The predicted molar refractivity (Wildman–Crippen MR) is 242 cm³/mol.